The van der Waals surface area contributed by atoms with Crippen molar-refractivity contribution in [3.05, 3.63) is 0 Å². The van der Waals surface area contributed by atoms with Crippen molar-refractivity contribution in [3.63, 3.8) is 0 Å². The lowest BCUT2D eigenvalue weighted by Gasteiger charge is -2.18. The van der Waals surface area contributed by atoms with Gasteiger partial charge in [-0.25, -0.2) is 9.18 Å². The van der Waals surface area contributed by atoms with Crippen LogP contribution < -0.4 is 5.32 Å². The number of hydrogen-bond donors (Lipinski definition) is 2. The van der Waals surface area contributed by atoms with Gasteiger partial charge in [0, 0.05) is 0 Å². The summed E-state index contributed by atoms with van der Waals surface area (Å²) >= 11 is 0. The van der Waals surface area contributed by atoms with E-state index in [1.54, 1.807) is 0 Å². The van der Waals surface area contributed by atoms with E-state index in [2.05, 4.69) is 5.32 Å². The molecule has 2 atom stereocenters. The van der Waals surface area contributed by atoms with Gasteiger partial charge in [-0.2, -0.15) is 0 Å². The highest BCUT2D eigenvalue weighted by molar-refractivity contribution is 5.76. The van der Waals surface area contributed by atoms with Gasteiger partial charge in [-0.1, -0.05) is 0 Å². The maximum absolute atomic E-state index is 13.2. The second-order valence-electron chi connectivity index (χ2n) is 3.57. The van der Waals surface area contributed by atoms with Crippen molar-refractivity contribution in [1.29, 1.82) is 0 Å². The first-order valence-electron chi connectivity index (χ1n) is 4.15. The van der Waals surface area contributed by atoms with Crippen LogP contribution in [-0.2, 0) is 4.79 Å². The van der Waals surface area contributed by atoms with Gasteiger partial charge in [-0.3, -0.25) is 0 Å². The predicted molar refractivity (Wildman–Crippen MR) is 42.7 cm³/mol. The topological polar surface area (TPSA) is 49.3 Å². The highest BCUT2D eigenvalue weighted by atomic mass is 19.1. The van der Waals surface area contributed by atoms with E-state index in [1.165, 1.54) is 0 Å². The van der Waals surface area contributed by atoms with E-state index in [4.69, 9.17) is 5.11 Å². The summed E-state index contributed by atoms with van der Waals surface area (Å²) in [7, 11) is 0. The molecule has 2 N–H and O–H groups in total. The fraction of sp³-hybridized carbons (Fsp3) is 0.875. The lowest BCUT2D eigenvalue weighted by molar-refractivity contribution is -0.150. The monoisotopic (exact) mass is 175 g/mol. The molecule has 0 aromatic rings. The molecule has 2 unspecified atom stereocenters. The second kappa shape index (κ2) is 3.39. The zero-order valence-electron chi connectivity index (χ0n) is 7.14. The van der Waals surface area contributed by atoms with Gasteiger partial charge in [0.2, 0.25) is 5.67 Å². The van der Waals surface area contributed by atoms with E-state index in [1.807, 2.05) is 0 Å². The summed E-state index contributed by atoms with van der Waals surface area (Å²) in [6.07, 6.45) is 1.00. The molecule has 0 aliphatic carbocycles. The molecule has 0 aromatic carbocycles. The first-order chi connectivity index (χ1) is 5.52. The molecular formula is C8H14FNO2. The smallest absolute Gasteiger partial charge is 0.341 e. The molecule has 1 aliphatic rings. The van der Waals surface area contributed by atoms with E-state index in [0.29, 0.717) is 0 Å². The molecule has 4 heteroatoms. The Balaban J connectivity index is 2.42. The van der Waals surface area contributed by atoms with E-state index < -0.39 is 11.6 Å². The minimum atomic E-state index is -2.06. The average Bonchev–Trinajstić information content (AvgIpc) is 2.38. The number of nitrogens with one attached hydrogen (secondary N) is 1. The molecule has 0 aromatic heterocycles. The summed E-state index contributed by atoms with van der Waals surface area (Å²) in [5.74, 6) is -1.18. The number of rotatable bonds is 3. The second-order valence-corrected chi connectivity index (χ2v) is 3.57. The minimum absolute atomic E-state index is 0.120. The van der Waals surface area contributed by atoms with Gasteiger partial charge in [-0.05, 0) is 38.8 Å². The number of halogens is 1. The Bertz CT molecular complexity index is 176. The summed E-state index contributed by atoms with van der Waals surface area (Å²) in [5.41, 5.74) is -2.06. The third-order valence-electron chi connectivity index (χ3n) is 2.28. The Labute approximate surface area is 71.0 Å². The molecule has 1 aliphatic heterocycles. The van der Waals surface area contributed by atoms with Crippen LogP contribution in [-0.4, -0.2) is 29.8 Å². The molecule has 1 heterocycles. The van der Waals surface area contributed by atoms with Gasteiger partial charge in [-0.15, -0.1) is 0 Å². The largest absolute Gasteiger partial charge is 0.479 e. The summed E-state index contributed by atoms with van der Waals surface area (Å²) < 4.78 is 13.2. The quantitative estimate of drug-likeness (QED) is 0.667. The van der Waals surface area contributed by atoms with Crippen molar-refractivity contribution in [1.82, 2.24) is 5.32 Å². The molecule has 3 nitrogen and oxygen atoms in total. The van der Waals surface area contributed by atoms with Gasteiger partial charge in [0.25, 0.3) is 0 Å². The Morgan fingerprint density at radius 2 is 2.50 bits per heavy atom. The number of carboxylic acid groups (broad SMARTS) is 1. The predicted octanol–water partition coefficient (Wildman–Crippen LogP) is 0.799. The number of carbonyl (C=O) groups is 1. The minimum Gasteiger partial charge on any atom is -0.479 e. The van der Waals surface area contributed by atoms with Crippen LogP contribution in [0.2, 0.25) is 0 Å². The summed E-state index contributed by atoms with van der Waals surface area (Å²) in [5, 5.41) is 11.6. The van der Waals surface area contributed by atoms with Crippen LogP contribution in [0.15, 0.2) is 0 Å². The van der Waals surface area contributed by atoms with E-state index in [0.717, 1.165) is 26.4 Å². The standard InChI is InChI=1S/C8H14FNO2/c1-8(9,7(11)12)4-6-2-3-10-5-6/h6,10H,2-5H2,1H3,(H,11,12). The third-order valence-corrected chi connectivity index (χ3v) is 2.28. The molecule has 1 rings (SSSR count). The first kappa shape index (κ1) is 9.45. The number of hydrogen-bond acceptors (Lipinski definition) is 2. The lowest BCUT2D eigenvalue weighted by Crippen LogP contribution is -2.32. The number of alkyl halides is 1. The van der Waals surface area contributed by atoms with Crippen LogP contribution in [0.1, 0.15) is 19.8 Å². The molecule has 0 spiro atoms. The van der Waals surface area contributed by atoms with Crippen LogP contribution in [0.5, 0.6) is 0 Å². The van der Waals surface area contributed by atoms with Gasteiger partial charge in [0.1, 0.15) is 0 Å². The lowest BCUT2D eigenvalue weighted by atomic mass is 9.93. The third kappa shape index (κ3) is 2.17. The van der Waals surface area contributed by atoms with Gasteiger partial charge in [0.05, 0.1) is 0 Å². The van der Waals surface area contributed by atoms with Crippen LogP contribution in [0, 0.1) is 5.92 Å². The molecule has 0 saturated carbocycles. The maximum Gasteiger partial charge on any atom is 0.341 e. The SMILES string of the molecule is CC(F)(CC1CCNC1)C(=O)O. The Kier molecular flexibility index (Phi) is 2.67. The van der Waals surface area contributed by atoms with Crippen LogP contribution in [0.4, 0.5) is 4.39 Å². The Morgan fingerprint density at radius 3 is 2.92 bits per heavy atom. The maximum atomic E-state index is 13.2. The highest BCUT2D eigenvalue weighted by Crippen LogP contribution is 2.24. The molecule has 1 saturated heterocycles. The van der Waals surface area contributed by atoms with Gasteiger partial charge in [0.15, 0.2) is 0 Å². The highest BCUT2D eigenvalue weighted by Gasteiger charge is 2.36. The van der Waals surface area contributed by atoms with Crippen molar-refractivity contribution >= 4 is 5.97 Å². The van der Waals surface area contributed by atoms with Crippen LogP contribution in [0.3, 0.4) is 0 Å². The molecule has 12 heavy (non-hydrogen) atoms. The van der Waals surface area contributed by atoms with Crippen molar-refractivity contribution in [3.8, 4) is 0 Å². The normalized spacial score (nSPS) is 28.3. The molecular weight excluding hydrogens is 161 g/mol. The van der Waals surface area contributed by atoms with E-state index >= 15 is 0 Å². The molecule has 0 amide bonds. The van der Waals surface area contributed by atoms with Gasteiger partial charge >= 0.3 is 5.97 Å². The molecule has 0 radical (unpaired) electrons. The summed E-state index contributed by atoms with van der Waals surface area (Å²) in [6, 6.07) is 0. The van der Waals surface area contributed by atoms with Crippen LogP contribution >= 0.6 is 0 Å². The van der Waals surface area contributed by atoms with Gasteiger partial charge < -0.3 is 10.4 Å². The number of aliphatic carboxylic acids is 1. The van der Waals surface area contributed by atoms with Crippen molar-refractivity contribution in [2.45, 2.75) is 25.4 Å². The molecule has 0 bridgehead atoms. The fourth-order valence-electron chi connectivity index (χ4n) is 1.52. The van der Waals surface area contributed by atoms with Crippen molar-refractivity contribution in [2.24, 2.45) is 5.92 Å². The average molecular weight is 175 g/mol. The number of carboxylic acids is 1. The Hall–Kier alpha value is -0.640. The molecule has 1 fully saturated rings. The fourth-order valence-corrected chi connectivity index (χ4v) is 1.52. The van der Waals surface area contributed by atoms with Crippen LogP contribution in [0.25, 0.3) is 0 Å². The first-order valence-corrected chi connectivity index (χ1v) is 4.15. The van der Waals surface area contributed by atoms with Crippen molar-refractivity contribution in [2.75, 3.05) is 13.1 Å². The Morgan fingerprint density at radius 1 is 1.83 bits per heavy atom. The summed E-state index contributed by atoms with van der Waals surface area (Å²) in [6.45, 7) is 2.75. The summed E-state index contributed by atoms with van der Waals surface area (Å²) in [4.78, 5) is 10.4. The molecule has 70 valence electrons. The zero-order valence-corrected chi connectivity index (χ0v) is 7.14. The van der Waals surface area contributed by atoms with E-state index in [9.17, 15) is 9.18 Å². The van der Waals surface area contributed by atoms with E-state index in [-0.39, 0.29) is 12.3 Å². The van der Waals surface area contributed by atoms with Crippen molar-refractivity contribution < 1.29 is 14.3 Å². The zero-order chi connectivity index (χ0) is 9.19.